The maximum atomic E-state index is 12.4. The van der Waals surface area contributed by atoms with Gasteiger partial charge in [-0.3, -0.25) is 4.79 Å². The van der Waals surface area contributed by atoms with Gasteiger partial charge in [0.15, 0.2) is 0 Å². The van der Waals surface area contributed by atoms with Crippen LogP contribution in [-0.4, -0.2) is 10.9 Å². The number of hydrogen-bond acceptors (Lipinski definition) is 3. The van der Waals surface area contributed by atoms with Crippen LogP contribution in [0, 0.1) is 0 Å². The smallest absolute Gasteiger partial charge is 0.257 e. The maximum Gasteiger partial charge on any atom is 0.257 e. The molecule has 0 saturated heterocycles. The summed E-state index contributed by atoms with van der Waals surface area (Å²) in [6, 6.07) is 22.4. The van der Waals surface area contributed by atoms with Crippen LogP contribution in [0.3, 0.4) is 0 Å². The molecule has 3 nitrogen and oxygen atoms in total. The molecule has 4 rings (SSSR count). The Labute approximate surface area is 176 Å². The molecule has 1 aromatic heterocycles. The van der Waals surface area contributed by atoms with Gasteiger partial charge in [0, 0.05) is 27.2 Å². The molecule has 0 aliphatic rings. The molecule has 4 aromatic rings. The Morgan fingerprint density at radius 3 is 2.39 bits per heavy atom. The predicted octanol–water partition coefficient (Wildman–Crippen LogP) is 7.04. The van der Waals surface area contributed by atoms with E-state index in [1.54, 1.807) is 29.5 Å². The summed E-state index contributed by atoms with van der Waals surface area (Å²) in [7, 11) is 0. The number of thiazole rings is 1. The molecule has 0 saturated carbocycles. The molecule has 0 radical (unpaired) electrons. The van der Waals surface area contributed by atoms with Crippen molar-refractivity contribution in [2.75, 3.05) is 5.32 Å². The third kappa shape index (κ3) is 4.09. The highest BCUT2D eigenvalue weighted by Crippen LogP contribution is 2.29. The highest BCUT2D eigenvalue weighted by Gasteiger charge is 2.12. The average Bonchev–Trinajstić information content (AvgIpc) is 3.21. The van der Waals surface area contributed by atoms with Crippen molar-refractivity contribution in [3.63, 3.8) is 0 Å². The minimum atomic E-state index is -0.305. The number of carbonyl (C=O) groups is 1. The van der Waals surface area contributed by atoms with Crippen LogP contribution >= 0.6 is 34.5 Å². The van der Waals surface area contributed by atoms with E-state index in [0.29, 0.717) is 21.3 Å². The first kappa shape index (κ1) is 18.7. The Morgan fingerprint density at radius 2 is 1.64 bits per heavy atom. The van der Waals surface area contributed by atoms with Crippen LogP contribution < -0.4 is 5.32 Å². The normalized spacial score (nSPS) is 10.6. The SMILES string of the molecule is O=C(Nc1ccc(-c2csc(-c3ccccc3)n2)cc1)c1cc(Cl)ccc1Cl. The molecule has 1 heterocycles. The minimum absolute atomic E-state index is 0.305. The van der Waals surface area contributed by atoms with Gasteiger partial charge < -0.3 is 5.32 Å². The summed E-state index contributed by atoms with van der Waals surface area (Å²) in [4.78, 5) is 17.1. The van der Waals surface area contributed by atoms with Gasteiger partial charge in [-0.05, 0) is 30.3 Å². The number of carbonyl (C=O) groups excluding carboxylic acids is 1. The minimum Gasteiger partial charge on any atom is -0.322 e. The first-order valence-corrected chi connectivity index (χ1v) is 10.1. The Kier molecular flexibility index (Phi) is 5.44. The van der Waals surface area contributed by atoms with Gasteiger partial charge in [0.25, 0.3) is 5.91 Å². The van der Waals surface area contributed by atoms with Crippen molar-refractivity contribution >= 4 is 46.1 Å². The number of benzene rings is 3. The lowest BCUT2D eigenvalue weighted by atomic mass is 10.1. The van der Waals surface area contributed by atoms with Gasteiger partial charge in [0.2, 0.25) is 0 Å². The Morgan fingerprint density at radius 1 is 0.893 bits per heavy atom. The van der Waals surface area contributed by atoms with E-state index >= 15 is 0 Å². The molecule has 28 heavy (non-hydrogen) atoms. The quantitative estimate of drug-likeness (QED) is 0.381. The van der Waals surface area contributed by atoms with Crippen molar-refractivity contribution < 1.29 is 4.79 Å². The summed E-state index contributed by atoms with van der Waals surface area (Å²) in [5, 5.41) is 6.66. The third-order valence-corrected chi connectivity index (χ3v) is 5.59. The molecule has 138 valence electrons. The molecule has 0 aliphatic carbocycles. The molecular formula is C22H14Cl2N2OS. The van der Waals surface area contributed by atoms with Crippen LogP contribution in [-0.2, 0) is 0 Å². The van der Waals surface area contributed by atoms with Crippen LogP contribution in [0.15, 0.2) is 78.2 Å². The number of rotatable bonds is 4. The molecule has 0 aliphatic heterocycles. The fraction of sp³-hybridized carbons (Fsp3) is 0. The summed E-state index contributed by atoms with van der Waals surface area (Å²) in [6.07, 6.45) is 0. The van der Waals surface area contributed by atoms with Gasteiger partial charge in [-0.25, -0.2) is 4.98 Å². The molecule has 0 unspecified atom stereocenters. The van der Waals surface area contributed by atoms with E-state index in [1.807, 2.05) is 60.0 Å². The number of nitrogens with zero attached hydrogens (tertiary/aromatic N) is 1. The van der Waals surface area contributed by atoms with E-state index in [0.717, 1.165) is 21.8 Å². The first-order valence-electron chi connectivity index (χ1n) is 8.48. The van der Waals surface area contributed by atoms with E-state index in [2.05, 4.69) is 5.32 Å². The highest BCUT2D eigenvalue weighted by atomic mass is 35.5. The Bertz CT molecular complexity index is 1130. The predicted molar refractivity (Wildman–Crippen MR) is 117 cm³/mol. The van der Waals surface area contributed by atoms with E-state index in [-0.39, 0.29) is 5.91 Å². The van der Waals surface area contributed by atoms with Crippen molar-refractivity contribution in [1.82, 2.24) is 4.98 Å². The monoisotopic (exact) mass is 424 g/mol. The summed E-state index contributed by atoms with van der Waals surface area (Å²) in [6.45, 7) is 0. The largest absolute Gasteiger partial charge is 0.322 e. The van der Waals surface area contributed by atoms with Crippen LogP contribution in [0.2, 0.25) is 10.0 Å². The molecule has 1 N–H and O–H groups in total. The van der Waals surface area contributed by atoms with Gasteiger partial charge in [-0.15, -0.1) is 11.3 Å². The molecular weight excluding hydrogens is 411 g/mol. The van der Waals surface area contributed by atoms with Crippen LogP contribution in [0.4, 0.5) is 5.69 Å². The lowest BCUT2D eigenvalue weighted by Gasteiger charge is -2.08. The lowest BCUT2D eigenvalue weighted by molar-refractivity contribution is 0.102. The standard InChI is InChI=1S/C22H14Cl2N2OS/c23-16-8-11-19(24)18(12-16)21(27)25-17-9-6-14(7-10-17)20-13-28-22(26-20)15-4-2-1-3-5-15/h1-13H,(H,25,27). The number of aromatic nitrogens is 1. The summed E-state index contributed by atoms with van der Waals surface area (Å²) in [5.41, 5.74) is 3.99. The molecule has 6 heteroatoms. The lowest BCUT2D eigenvalue weighted by Crippen LogP contribution is -2.12. The Balaban J connectivity index is 1.51. The van der Waals surface area contributed by atoms with E-state index < -0.39 is 0 Å². The number of anilines is 1. The number of amides is 1. The second-order valence-corrected chi connectivity index (χ2v) is 7.76. The van der Waals surface area contributed by atoms with Crippen molar-refractivity contribution in [3.8, 4) is 21.8 Å². The molecule has 1 amide bonds. The molecule has 0 spiro atoms. The van der Waals surface area contributed by atoms with Crippen molar-refractivity contribution in [3.05, 3.63) is 93.8 Å². The van der Waals surface area contributed by atoms with Gasteiger partial charge in [-0.1, -0.05) is 65.7 Å². The second kappa shape index (κ2) is 8.15. The van der Waals surface area contributed by atoms with Crippen LogP contribution in [0.1, 0.15) is 10.4 Å². The number of halogens is 2. The average molecular weight is 425 g/mol. The summed E-state index contributed by atoms with van der Waals surface area (Å²) < 4.78 is 0. The summed E-state index contributed by atoms with van der Waals surface area (Å²) >= 11 is 13.6. The zero-order valence-electron chi connectivity index (χ0n) is 14.5. The van der Waals surface area contributed by atoms with E-state index in [1.165, 1.54) is 0 Å². The van der Waals surface area contributed by atoms with Crippen molar-refractivity contribution in [2.45, 2.75) is 0 Å². The van der Waals surface area contributed by atoms with E-state index in [4.69, 9.17) is 28.2 Å². The second-order valence-electron chi connectivity index (χ2n) is 6.06. The third-order valence-electron chi connectivity index (χ3n) is 4.14. The van der Waals surface area contributed by atoms with Crippen LogP contribution in [0.25, 0.3) is 21.8 Å². The molecule has 3 aromatic carbocycles. The molecule has 0 bridgehead atoms. The number of hydrogen-bond donors (Lipinski definition) is 1. The number of nitrogens with one attached hydrogen (secondary N) is 1. The zero-order valence-corrected chi connectivity index (χ0v) is 16.9. The van der Waals surface area contributed by atoms with Gasteiger partial charge in [0.05, 0.1) is 16.3 Å². The van der Waals surface area contributed by atoms with E-state index in [9.17, 15) is 4.79 Å². The highest BCUT2D eigenvalue weighted by molar-refractivity contribution is 7.13. The molecule has 0 fully saturated rings. The maximum absolute atomic E-state index is 12.4. The topological polar surface area (TPSA) is 42.0 Å². The first-order chi connectivity index (χ1) is 13.6. The van der Waals surface area contributed by atoms with Crippen LogP contribution in [0.5, 0.6) is 0 Å². The fourth-order valence-electron chi connectivity index (χ4n) is 2.71. The fourth-order valence-corrected chi connectivity index (χ4v) is 3.92. The van der Waals surface area contributed by atoms with Gasteiger partial charge >= 0.3 is 0 Å². The van der Waals surface area contributed by atoms with Gasteiger partial charge in [-0.2, -0.15) is 0 Å². The summed E-state index contributed by atoms with van der Waals surface area (Å²) in [5.74, 6) is -0.305. The van der Waals surface area contributed by atoms with Crippen molar-refractivity contribution in [2.24, 2.45) is 0 Å². The van der Waals surface area contributed by atoms with Crippen molar-refractivity contribution in [1.29, 1.82) is 0 Å². The van der Waals surface area contributed by atoms with Gasteiger partial charge in [0.1, 0.15) is 5.01 Å². The Hall–Kier alpha value is -2.66. The molecule has 0 atom stereocenters. The zero-order chi connectivity index (χ0) is 19.5.